The van der Waals surface area contributed by atoms with E-state index in [1.165, 1.54) is 12.8 Å². The molecule has 2 N–H and O–H groups in total. The highest BCUT2D eigenvalue weighted by molar-refractivity contribution is 6.31. The molecule has 88 valence electrons. The molecule has 0 unspecified atom stereocenters. The lowest BCUT2D eigenvalue weighted by atomic mass is 10.3. The number of rotatable bonds is 5. The third-order valence-electron chi connectivity index (χ3n) is 2.53. The molecule has 0 bridgehead atoms. The van der Waals surface area contributed by atoms with Gasteiger partial charge in [0.25, 0.3) is 0 Å². The van der Waals surface area contributed by atoms with Crippen LogP contribution < -0.4 is 10.6 Å². The molecule has 3 nitrogen and oxygen atoms in total. The second-order valence-corrected chi connectivity index (χ2v) is 4.99. The van der Waals surface area contributed by atoms with Crippen LogP contribution >= 0.6 is 11.6 Å². The summed E-state index contributed by atoms with van der Waals surface area (Å²) in [4.78, 5) is 4.52. The van der Waals surface area contributed by atoms with Crippen molar-refractivity contribution in [3.8, 4) is 0 Å². The van der Waals surface area contributed by atoms with Gasteiger partial charge in [-0.1, -0.05) is 25.4 Å². The lowest BCUT2D eigenvalue weighted by Gasteiger charge is -2.11. The maximum absolute atomic E-state index is 6.10. The first-order chi connectivity index (χ1) is 7.65. The van der Waals surface area contributed by atoms with Crippen molar-refractivity contribution in [3.05, 3.63) is 22.8 Å². The second kappa shape index (κ2) is 5.02. The fourth-order valence-corrected chi connectivity index (χ4v) is 1.60. The van der Waals surface area contributed by atoms with Crippen LogP contribution in [-0.2, 0) is 6.54 Å². The van der Waals surface area contributed by atoms with Crippen molar-refractivity contribution in [1.82, 2.24) is 10.3 Å². The monoisotopic (exact) mass is 239 g/mol. The maximum Gasteiger partial charge on any atom is 0.126 e. The Morgan fingerprint density at radius 2 is 2.19 bits per heavy atom. The highest BCUT2D eigenvalue weighted by atomic mass is 35.5. The fourth-order valence-electron chi connectivity index (χ4n) is 1.43. The molecule has 0 saturated heterocycles. The Bertz CT molecular complexity index is 361. The highest BCUT2D eigenvalue weighted by Crippen LogP contribution is 2.25. The largest absolute Gasteiger partial charge is 0.367 e. The standard InChI is InChI=1S/C12H18ClN3/c1-8(2)14-7-11-10(13)5-6-12(16-11)15-9-3-4-9/h5-6,8-9,14H,3-4,7H2,1-2H3,(H,15,16). The van der Waals surface area contributed by atoms with E-state index < -0.39 is 0 Å². The normalized spacial score (nSPS) is 15.5. The van der Waals surface area contributed by atoms with E-state index in [-0.39, 0.29) is 0 Å². The van der Waals surface area contributed by atoms with Gasteiger partial charge in [0.15, 0.2) is 0 Å². The molecule has 0 spiro atoms. The number of hydrogen-bond donors (Lipinski definition) is 2. The van der Waals surface area contributed by atoms with Gasteiger partial charge in [0.05, 0.1) is 10.7 Å². The lowest BCUT2D eigenvalue weighted by molar-refractivity contribution is 0.582. The van der Waals surface area contributed by atoms with E-state index in [4.69, 9.17) is 11.6 Å². The van der Waals surface area contributed by atoms with Crippen LogP contribution in [0.4, 0.5) is 5.82 Å². The summed E-state index contributed by atoms with van der Waals surface area (Å²) in [5, 5.41) is 7.43. The van der Waals surface area contributed by atoms with Crippen molar-refractivity contribution in [2.45, 2.75) is 45.3 Å². The molecule has 2 rings (SSSR count). The minimum atomic E-state index is 0.443. The van der Waals surface area contributed by atoms with Crippen molar-refractivity contribution in [3.63, 3.8) is 0 Å². The molecule has 0 aromatic carbocycles. The molecule has 16 heavy (non-hydrogen) atoms. The molecule has 1 heterocycles. The smallest absolute Gasteiger partial charge is 0.126 e. The Morgan fingerprint density at radius 1 is 1.44 bits per heavy atom. The molecule has 0 amide bonds. The first-order valence-corrected chi connectivity index (χ1v) is 6.18. The Kier molecular flexibility index (Phi) is 3.66. The average Bonchev–Trinajstić information content (AvgIpc) is 3.02. The number of pyridine rings is 1. The van der Waals surface area contributed by atoms with Crippen molar-refractivity contribution in [1.29, 1.82) is 0 Å². The molecule has 1 aromatic heterocycles. The van der Waals surface area contributed by atoms with Crippen LogP contribution in [0.3, 0.4) is 0 Å². The molecule has 1 saturated carbocycles. The van der Waals surface area contributed by atoms with Crippen molar-refractivity contribution in [2.24, 2.45) is 0 Å². The molecular weight excluding hydrogens is 222 g/mol. The van der Waals surface area contributed by atoms with Crippen molar-refractivity contribution in [2.75, 3.05) is 5.32 Å². The summed E-state index contributed by atoms with van der Waals surface area (Å²) in [5.41, 5.74) is 0.918. The van der Waals surface area contributed by atoms with Crippen molar-refractivity contribution < 1.29 is 0 Å². The van der Waals surface area contributed by atoms with E-state index in [2.05, 4.69) is 29.5 Å². The van der Waals surface area contributed by atoms with Gasteiger partial charge in [-0.25, -0.2) is 4.98 Å². The van der Waals surface area contributed by atoms with E-state index in [0.717, 1.165) is 23.1 Å². The number of anilines is 1. The van der Waals surface area contributed by atoms with Crippen LogP contribution in [0.25, 0.3) is 0 Å². The van der Waals surface area contributed by atoms with Crippen LogP contribution in [0, 0.1) is 0 Å². The number of nitrogens with one attached hydrogen (secondary N) is 2. The number of halogens is 1. The van der Waals surface area contributed by atoms with Gasteiger partial charge in [0, 0.05) is 18.6 Å². The van der Waals surface area contributed by atoms with E-state index in [0.29, 0.717) is 12.1 Å². The number of nitrogens with zero attached hydrogens (tertiary/aromatic N) is 1. The van der Waals surface area contributed by atoms with Gasteiger partial charge in [-0.2, -0.15) is 0 Å². The van der Waals surface area contributed by atoms with E-state index >= 15 is 0 Å². The Morgan fingerprint density at radius 3 is 2.81 bits per heavy atom. The molecule has 1 aromatic rings. The first-order valence-electron chi connectivity index (χ1n) is 5.80. The summed E-state index contributed by atoms with van der Waals surface area (Å²) >= 11 is 6.10. The summed E-state index contributed by atoms with van der Waals surface area (Å²) in [6.07, 6.45) is 2.51. The molecule has 0 radical (unpaired) electrons. The zero-order valence-corrected chi connectivity index (χ0v) is 10.5. The molecule has 0 atom stereocenters. The minimum Gasteiger partial charge on any atom is -0.367 e. The zero-order valence-electron chi connectivity index (χ0n) is 9.76. The zero-order chi connectivity index (χ0) is 11.5. The molecular formula is C12H18ClN3. The van der Waals surface area contributed by atoms with E-state index in [1.807, 2.05) is 12.1 Å². The van der Waals surface area contributed by atoms with Gasteiger partial charge in [-0.05, 0) is 25.0 Å². The summed E-state index contributed by atoms with van der Waals surface area (Å²) < 4.78 is 0. The van der Waals surface area contributed by atoms with E-state index in [1.54, 1.807) is 0 Å². The van der Waals surface area contributed by atoms with Crippen LogP contribution in [0.1, 0.15) is 32.4 Å². The minimum absolute atomic E-state index is 0.443. The summed E-state index contributed by atoms with van der Waals surface area (Å²) in [5.74, 6) is 0.937. The second-order valence-electron chi connectivity index (χ2n) is 4.58. The highest BCUT2D eigenvalue weighted by Gasteiger charge is 2.21. The first kappa shape index (κ1) is 11.7. The third kappa shape index (κ3) is 3.35. The summed E-state index contributed by atoms with van der Waals surface area (Å²) in [6.45, 7) is 4.94. The summed E-state index contributed by atoms with van der Waals surface area (Å²) in [7, 11) is 0. The van der Waals surface area contributed by atoms with Gasteiger partial charge in [0.1, 0.15) is 5.82 Å². The fraction of sp³-hybridized carbons (Fsp3) is 0.583. The molecule has 1 fully saturated rings. The molecule has 4 heteroatoms. The van der Waals surface area contributed by atoms with Gasteiger partial charge >= 0.3 is 0 Å². The SMILES string of the molecule is CC(C)NCc1nc(NC2CC2)ccc1Cl. The maximum atomic E-state index is 6.10. The molecule has 0 aliphatic heterocycles. The van der Waals surface area contributed by atoms with Crippen LogP contribution in [0.2, 0.25) is 5.02 Å². The van der Waals surface area contributed by atoms with Crippen LogP contribution in [0.15, 0.2) is 12.1 Å². The van der Waals surface area contributed by atoms with E-state index in [9.17, 15) is 0 Å². The average molecular weight is 240 g/mol. The number of hydrogen-bond acceptors (Lipinski definition) is 3. The summed E-state index contributed by atoms with van der Waals surface area (Å²) in [6, 6.07) is 4.92. The van der Waals surface area contributed by atoms with Crippen LogP contribution in [-0.4, -0.2) is 17.1 Å². The topological polar surface area (TPSA) is 37.0 Å². The predicted molar refractivity (Wildman–Crippen MR) is 67.9 cm³/mol. The van der Waals surface area contributed by atoms with Crippen LogP contribution in [0.5, 0.6) is 0 Å². The van der Waals surface area contributed by atoms with Gasteiger partial charge in [0.2, 0.25) is 0 Å². The number of aromatic nitrogens is 1. The quantitative estimate of drug-likeness (QED) is 0.830. The Balaban J connectivity index is 2.02. The van der Waals surface area contributed by atoms with Gasteiger partial charge in [-0.15, -0.1) is 0 Å². The Hall–Kier alpha value is -0.800. The predicted octanol–water partition coefficient (Wildman–Crippen LogP) is 2.81. The molecule has 1 aliphatic carbocycles. The Labute approximate surface area is 102 Å². The van der Waals surface area contributed by atoms with Gasteiger partial charge in [-0.3, -0.25) is 0 Å². The lowest BCUT2D eigenvalue weighted by Crippen LogP contribution is -2.22. The van der Waals surface area contributed by atoms with Crippen molar-refractivity contribution >= 4 is 17.4 Å². The third-order valence-corrected chi connectivity index (χ3v) is 2.87. The molecule has 1 aliphatic rings. The van der Waals surface area contributed by atoms with Gasteiger partial charge < -0.3 is 10.6 Å².